The molecule has 3 heteroatoms. The molecule has 0 aromatic carbocycles. The summed E-state index contributed by atoms with van der Waals surface area (Å²) in [5.41, 5.74) is 0.923. The van der Waals surface area contributed by atoms with Crippen LogP contribution in [-0.2, 0) is 4.74 Å². The van der Waals surface area contributed by atoms with E-state index >= 15 is 0 Å². The van der Waals surface area contributed by atoms with Crippen molar-refractivity contribution in [2.75, 3.05) is 7.11 Å². The van der Waals surface area contributed by atoms with E-state index < -0.39 is 0 Å². The van der Waals surface area contributed by atoms with Crippen LogP contribution in [0.2, 0.25) is 0 Å². The number of hydrogen-bond acceptors (Lipinski definition) is 3. The first-order valence-corrected chi connectivity index (χ1v) is 2.92. The lowest BCUT2D eigenvalue weighted by molar-refractivity contribution is 0.383. The van der Waals surface area contributed by atoms with Gasteiger partial charge in [0, 0.05) is 5.56 Å². The summed E-state index contributed by atoms with van der Waals surface area (Å²) < 4.78 is 9.63. The Morgan fingerprint density at radius 3 is 2.80 bits per heavy atom. The molecule has 1 aromatic heterocycles. The highest BCUT2D eigenvalue weighted by atomic mass is 16.5. The van der Waals surface area contributed by atoms with Crippen molar-refractivity contribution in [1.82, 2.24) is 0 Å². The van der Waals surface area contributed by atoms with Crippen LogP contribution in [0.15, 0.2) is 16.7 Å². The third kappa shape index (κ3) is 1.03. The van der Waals surface area contributed by atoms with Crippen molar-refractivity contribution in [3.05, 3.63) is 23.7 Å². The van der Waals surface area contributed by atoms with Crippen LogP contribution in [0.3, 0.4) is 0 Å². The molecule has 1 aromatic rings. The first kappa shape index (κ1) is 6.86. The maximum atomic E-state index is 7.22. The van der Waals surface area contributed by atoms with Crippen LogP contribution < -0.4 is 0 Å². The van der Waals surface area contributed by atoms with Gasteiger partial charge in [-0.25, -0.2) is 0 Å². The summed E-state index contributed by atoms with van der Waals surface area (Å²) in [6.07, 6.45) is 1.54. The maximum Gasteiger partial charge on any atom is 0.250 e. The van der Waals surface area contributed by atoms with E-state index in [2.05, 4.69) is 4.74 Å². The molecule has 0 fully saturated rings. The number of methoxy groups -OCH3 is 1. The Morgan fingerprint density at radius 1 is 1.70 bits per heavy atom. The number of ether oxygens (including phenoxy) is 1. The van der Waals surface area contributed by atoms with Crippen LogP contribution in [0.4, 0.5) is 0 Å². The Labute approximate surface area is 59.1 Å². The Balaban J connectivity index is 2.93. The molecule has 0 unspecified atom stereocenters. The Hall–Kier alpha value is -1.25. The molecule has 0 aliphatic carbocycles. The molecule has 1 rings (SSSR count). The van der Waals surface area contributed by atoms with Crippen molar-refractivity contribution in [1.29, 1.82) is 5.41 Å². The molecule has 0 aliphatic rings. The molecular weight excluding hydrogens is 130 g/mol. The number of nitrogens with one attached hydrogen (secondary N) is 1. The lowest BCUT2D eigenvalue weighted by atomic mass is 10.3. The quantitative estimate of drug-likeness (QED) is 0.474. The molecule has 54 valence electrons. The number of hydrogen-bond donors (Lipinski definition) is 1. The van der Waals surface area contributed by atoms with Crippen LogP contribution >= 0.6 is 0 Å². The molecule has 10 heavy (non-hydrogen) atoms. The van der Waals surface area contributed by atoms with Crippen LogP contribution in [0.25, 0.3) is 0 Å². The summed E-state index contributed by atoms with van der Waals surface area (Å²) >= 11 is 0. The van der Waals surface area contributed by atoms with Crippen molar-refractivity contribution in [2.45, 2.75) is 6.92 Å². The van der Waals surface area contributed by atoms with Crippen molar-refractivity contribution >= 4 is 5.90 Å². The molecular formula is C7H9NO2. The lowest BCUT2D eigenvalue weighted by Crippen LogP contribution is -2.00. The second kappa shape index (κ2) is 2.56. The summed E-state index contributed by atoms with van der Waals surface area (Å²) in [4.78, 5) is 0. The summed E-state index contributed by atoms with van der Waals surface area (Å²) in [6, 6.07) is 1.79. The molecule has 1 N–H and O–H groups in total. The third-order valence-electron chi connectivity index (χ3n) is 1.27. The predicted molar refractivity (Wildman–Crippen MR) is 37.3 cm³/mol. The standard InChI is InChI=1S/C7H9NO2/c1-5-3-4-10-6(5)7(8)9-2/h3-4,8H,1-2H3. The van der Waals surface area contributed by atoms with Gasteiger partial charge in [-0.1, -0.05) is 0 Å². The van der Waals surface area contributed by atoms with E-state index in [-0.39, 0.29) is 5.90 Å². The maximum absolute atomic E-state index is 7.22. The molecule has 0 aliphatic heterocycles. The highest BCUT2D eigenvalue weighted by Crippen LogP contribution is 2.08. The minimum Gasteiger partial charge on any atom is -0.479 e. The summed E-state index contributed by atoms with van der Waals surface area (Å²) in [5.74, 6) is 0.574. The normalized spacial score (nSPS) is 9.40. The van der Waals surface area contributed by atoms with Crippen molar-refractivity contribution < 1.29 is 9.15 Å². The molecule has 0 atom stereocenters. The number of furan rings is 1. The van der Waals surface area contributed by atoms with Gasteiger partial charge in [0.05, 0.1) is 13.4 Å². The van der Waals surface area contributed by atoms with Crippen molar-refractivity contribution in [3.8, 4) is 0 Å². The minimum absolute atomic E-state index is 0.0718. The van der Waals surface area contributed by atoms with E-state index in [9.17, 15) is 0 Å². The van der Waals surface area contributed by atoms with Gasteiger partial charge in [-0.3, -0.25) is 5.41 Å². The highest BCUT2D eigenvalue weighted by molar-refractivity contribution is 5.89. The molecule has 1 heterocycles. The lowest BCUT2D eigenvalue weighted by Gasteiger charge is -1.97. The molecule has 0 spiro atoms. The number of aryl methyl sites for hydroxylation is 1. The van der Waals surface area contributed by atoms with Gasteiger partial charge < -0.3 is 9.15 Å². The van der Waals surface area contributed by atoms with Gasteiger partial charge in [0.15, 0.2) is 5.76 Å². The Morgan fingerprint density at radius 2 is 2.40 bits per heavy atom. The fraction of sp³-hybridized carbons (Fsp3) is 0.286. The minimum atomic E-state index is 0.0718. The molecule has 0 amide bonds. The fourth-order valence-corrected chi connectivity index (χ4v) is 0.698. The first-order chi connectivity index (χ1) is 4.75. The first-order valence-electron chi connectivity index (χ1n) is 2.92. The molecule has 3 nitrogen and oxygen atoms in total. The van der Waals surface area contributed by atoms with Crippen LogP contribution in [0, 0.1) is 12.3 Å². The van der Waals surface area contributed by atoms with Crippen molar-refractivity contribution in [2.24, 2.45) is 0 Å². The van der Waals surface area contributed by atoms with E-state index in [1.165, 1.54) is 13.4 Å². The van der Waals surface area contributed by atoms with Crippen LogP contribution in [0.5, 0.6) is 0 Å². The van der Waals surface area contributed by atoms with Gasteiger partial charge in [0.25, 0.3) is 0 Å². The van der Waals surface area contributed by atoms with E-state index in [0.29, 0.717) is 5.76 Å². The van der Waals surface area contributed by atoms with E-state index in [0.717, 1.165) is 5.56 Å². The molecule has 0 radical (unpaired) electrons. The zero-order valence-electron chi connectivity index (χ0n) is 5.97. The van der Waals surface area contributed by atoms with Crippen molar-refractivity contribution in [3.63, 3.8) is 0 Å². The Kier molecular flexibility index (Phi) is 1.76. The zero-order valence-corrected chi connectivity index (χ0v) is 5.97. The van der Waals surface area contributed by atoms with E-state index in [1.807, 2.05) is 6.92 Å². The molecule has 0 bridgehead atoms. The monoisotopic (exact) mass is 139 g/mol. The zero-order chi connectivity index (χ0) is 7.56. The summed E-state index contributed by atoms with van der Waals surface area (Å²) in [6.45, 7) is 1.87. The molecule has 0 saturated heterocycles. The smallest absolute Gasteiger partial charge is 0.250 e. The highest BCUT2D eigenvalue weighted by Gasteiger charge is 2.06. The van der Waals surface area contributed by atoms with Gasteiger partial charge in [-0.2, -0.15) is 0 Å². The second-order valence-electron chi connectivity index (χ2n) is 1.97. The summed E-state index contributed by atoms with van der Waals surface area (Å²) in [5, 5.41) is 7.22. The van der Waals surface area contributed by atoms with Gasteiger partial charge >= 0.3 is 0 Å². The average Bonchev–Trinajstić information content (AvgIpc) is 2.34. The summed E-state index contributed by atoms with van der Waals surface area (Å²) in [7, 11) is 1.45. The third-order valence-corrected chi connectivity index (χ3v) is 1.27. The number of rotatable bonds is 1. The van der Waals surface area contributed by atoms with E-state index in [4.69, 9.17) is 9.83 Å². The fourth-order valence-electron chi connectivity index (χ4n) is 0.698. The SMILES string of the molecule is COC(=N)c1occc1C. The van der Waals surface area contributed by atoms with Gasteiger partial charge in [0.2, 0.25) is 5.90 Å². The average molecular weight is 139 g/mol. The van der Waals surface area contributed by atoms with Gasteiger partial charge in [-0.15, -0.1) is 0 Å². The molecule has 0 saturated carbocycles. The van der Waals surface area contributed by atoms with Gasteiger partial charge in [0.1, 0.15) is 0 Å². The predicted octanol–water partition coefficient (Wildman–Crippen LogP) is 1.56. The van der Waals surface area contributed by atoms with Crippen LogP contribution in [-0.4, -0.2) is 13.0 Å². The topological polar surface area (TPSA) is 46.2 Å². The van der Waals surface area contributed by atoms with Crippen LogP contribution in [0.1, 0.15) is 11.3 Å². The van der Waals surface area contributed by atoms with E-state index in [1.54, 1.807) is 6.07 Å². The van der Waals surface area contributed by atoms with Gasteiger partial charge in [-0.05, 0) is 13.0 Å². The Bertz CT molecular complexity index is 240. The second-order valence-corrected chi connectivity index (χ2v) is 1.97. The largest absolute Gasteiger partial charge is 0.479 e.